The third-order valence-corrected chi connectivity index (χ3v) is 2.16. The second-order valence-electron chi connectivity index (χ2n) is 2.75. The average Bonchev–Trinajstić information content (AvgIpc) is 2.18. The van der Waals surface area contributed by atoms with E-state index in [9.17, 15) is 18.0 Å². The highest BCUT2D eigenvalue weighted by Gasteiger charge is 2.32. The van der Waals surface area contributed by atoms with E-state index in [-0.39, 0.29) is 16.5 Å². The van der Waals surface area contributed by atoms with Crippen LogP contribution in [0.4, 0.5) is 13.2 Å². The highest BCUT2D eigenvalue weighted by molar-refractivity contribution is 6.33. The molecule has 0 saturated carbocycles. The van der Waals surface area contributed by atoms with Crippen LogP contribution in [0.5, 0.6) is 5.75 Å². The fraction of sp³-hybridized carbons (Fsp3) is 0.222. The molecule has 0 saturated heterocycles. The molecule has 0 N–H and O–H groups in total. The molecule has 0 atom stereocenters. The highest BCUT2D eigenvalue weighted by Crippen LogP contribution is 2.31. The van der Waals surface area contributed by atoms with Gasteiger partial charge in [-0.25, -0.2) is 0 Å². The van der Waals surface area contributed by atoms with Crippen LogP contribution in [-0.4, -0.2) is 18.0 Å². The Bertz CT molecular complexity index is 404. The van der Waals surface area contributed by atoms with Gasteiger partial charge in [0.05, 0.1) is 10.9 Å². The summed E-state index contributed by atoms with van der Waals surface area (Å²) in [6.45, 7) is 0. The maximum Gasteiger partial charge on any atom is 0.573 e. The lowest BCUT2D eigenvalue weighted by Crippen LogP contribution is -2.17. The predicted molar refractivity (Wildman–Crippen MR) is 53.2 cm³/mol. The third-order valence-electron chi connectivity index (χ3n) is 1.60. The molecule has 1 rings (SSSR count). The lowest BCUT2D eigenvalue weighted by Gasteiger charge is -2.11. The monoisotopic (exact) mass is 272 g/mol. The number of benzene rings is 1. The molecule has 0 spiro atoms. The molecular formula is C9H5Cl2F3O2. The number of ether oxygens (including phenoxy) is 1. The number of hydrogen-bond donors (Lipinski definition) is 0. The molecule has 0 amide bonds. The maximum absolute atomic E-state index is 11.9. The van der Waals surface area contributed by atoms with Crippen molar-refractivity contribution >= 4 is 29.0 Å². The Morgan fingerprint density at radius 1 is 1.38 bits per heavy atom. The van der Waals surface area contributed by atoms with E-state index in [1.54, 1.807) is 0 Å². The maximum atomic E-state index is 11.9. The molecule has 88 valence electrons. The number of carbonyl (C=O) groups excluding carboxylic acids is 1. The standard InChI is InChI=1S/C9H5Cl2F3O2/c10-4-7(15)5-1-2-6(11)8(3-5)16-9(12,13)14/h1-3H,4H2. The van der Waals surface area contributed by atoms with Crippen molar-refractivity contribution in [2.45, 2.75) is 6.36 Å². The van der Waals surface area contributed by atoms with E-state index in [4.69, 9.17) is 23.2 Å². The summed E-state index contributed by atoms with van der Waals surface area (Å²) >= 11 is 10.7. The van der Waals surface area contributed by atoms with Crippen molar-refractivity contribution < 1.29 is 22.7 Å². The van der Waals surface area contributed by atoms with E-state index >= 15 is 0 Å². The molecule has 16 heavy (non-hydrogen) atoms. The second kappa shape index (κ2) is 4.93. The molecule has 0 heterocycles. The number of halogens is 5. The van der Waals surface area contributed by atoms with Gasteiger partial charge in [-0.3, -0.25) is 4.79 Å². The first-order valence-corrected chi connectivity index (χ1v) is 4.89. The van der Waals surface area contributed by atoms with Gasteiger partial charge in [0, 0.05) is 5.56 Å². The summed E-state index contributed by atoms with van der Waals surface area (Å²) < 4.78 is 39.5. The summed E-state index contributed by atoms with van der Waals surface area (Å²) in [7, 11) is 0. The lowest BCUT2D eigenvalue weighted by molar-refractivity contribution is -0.274. The largest absolute Gasteiger partial charge is 0.573 e. The topological polar surface area (TPSA) is 26.3 Å². The minimum absolute atomic E-state index is 0.0126. The van der Waals surface area contributed by atoms with Gasteiger partial charge in [-0.15, -0.1) is 24.8 Å². The van der Waals surface area contributed by atoms with Crippen LogP contribution in [0.3, 0.4) is 0 Å². The van der Waals surface area contributed by atoms with Crippen molar-refractivity contribution in [1.82, 2.24) is 0 Å². The van der Waals surface area contributed by atoms with Gasteiger partial charge in [0.1, 0.15) is 5.75 Å². The Morgan fingerprint density at radius 2 is 2.00 bits per heavy atom. The summed E-state index contributed by atoms with van der Waals surface area (Å²) in [5, 5.41) is -0.233. The smallest absolute Gasteiger partial charge is 0.404 e. The van der Waals surface area contributed by atoms with Gasteiger partial charge in [0.15, 0.2) is 5.78 Å². The van der Waals surface area contributed by atoms with Crippen LogP contribution in [-0.2, 0) is 0 Å². The van der Waals surface area contributed by atoms with E-state index in [1.807, 2.05) is 0 Å². The third kappa shape index (κ3) is 3.57. The minimum Gasteiger partial charge on any atom is -0.404 e. The van der Waals surface area contributed by atoms with Crippen molar-refractivity contribution in [1.29, 1.82) is 0 Å². The number of rotatable bonds is 3. The van der Waals surface area contributed by atoms with E-state index in [1.165, 1.54) is 6.07 Å². The molecule has 0 fully saturated rings. The Labute approximate surface area is 98.9 Å². The molecule has 0 aromatic heterocycles. The molecule has 0 bridgehead atoms. The summed E-state index contributed by atoms with van der Waals surface area (Å²) in [5.74, 6) is -1.46. The Hall–Kier alpha value is -0.940. The number of ketones is 1. The van der Waals surface area contributed by atoms with E-state index in [2.05, 4.69) is 4.74 Å². The molecule has 0 unspecified atom stereocenters. The molecule has 0 aliphatic carbocycles. The Kier molecular flexibility index (Phi) is 4.04. The molecule has 0 aliphatic heterocycles. The first kappa shape index (κ1) is 13.1. The van der Waals surface area contributed by atoms with E-state index in [0.29, 0.717) is 0 Å². The van der Waals surface area contributed by atoms with Crippen LogP contribution in [0.15, 0.2) is 18.2 Å². The van der Waals surface area contributed by atoms with Crippen molar-refractivity contribution in [3.8, 4) is 5.75 Å². The normalized spacial score (nSPS) is 11.3. The average molecular weight is 273 g/mol. The molecule has 0 aliphatic rings. The lowest BCUT2D eigenvalue weighted by atomic mass is 10.1. The minimum atomic E-state index is -4.85. The van der Waals surface area contributed by atoms with Crippen LogP contribution in [0.2, 0.25) is 5.02 Å². The Morgan fingerprint density at radius 3 is 2.50 bits per heavy atom. The SMILES string of the molecule is O=C(CCl)c1ccc(Cl)c(OC(F)(F)F)c1. The van der Waals surface area contributed by atoms with Crippen LogP contribution < -0.4 is 4.74 Å². The summed E-state index contributed by atoms with van der Waals surface area (Å²) in [4.78, 5) is 11.1. The number of Topliss-reactive ketones (excluding diaryl/α,β-unsaturated/α-hetero) is 1. The summed E-state index contributed by atoms with van der Waals surface area (Å²) in [6.07, 6.45) is -4.85. The fourth-order valence-electron chi connectivity index (χ4n) is 0.957. The van der Waals surface area contributed by atoms with Gasteiger partial charge < -0.3 is 4.74 Å². The van der Waals surface area contributed by atoms with Gasteiger partial charge >= 0.3 is 6.36 Å². The van der Waals surface area contributed by atoms with Gasteiger partial charge in [0.25, 0.3) is 0 Å². The molecule has 1 aromatic rings. The van der Waals surface area contributed by atoms with Crippen LogP contribution in [0.25, 0.3) is 0 Å². The van der Waals surface area contributed by atoms with Gasteiger partial charge in [0.2, 0.25) is 0 Å². The second-order valence-corrected chi connectivity index (χ2v) is 3.42. The van der Waals surface area contributed by atoms with E-state index < -0.39 is 17.9 Å². The number of carbonyl (C=O) groups is 1. The van der Waals surface area contributed by atoms with Gasteiger partial charge in [-0.1, -0.05) is 11.6 Å². The fourth-order valence-corrected chi connectivity index (χ4v) is 1.27. The van der Waals surface area contributed by atoms with Gasteiger partial charge in [-0.2, -0.15) is 0 Å². The zero-order chi connectivity index (χ0) is 12.3. The van der Waals surface area contributed by atoms with Crippen molar-refractivity contribution in [3.05, 3.63) is 28.8 Å². The van der Waals surface area contributed by atoms with Gasteiger partial charge in [-0.05, 0) is 18.2 Å². The molecule has 2 nitrogen and oxygen atoms in total. The van der Waals surface area contributed by atoms with Crippen molar-refractivity contribution in [3.63, 3.8) is 0 Å². The zero-order valence-electron chi connectivity index (χ0n) is 7.65. The molecule has 7 heteroatoms. The van der Waals surface area contributed by atoms with Crippen LogP contribution >= 0.6 is 23.2 Å². The highest BCUT2D eigenvalue weighted by atomic mass is 35.5. The van der Waals surface area contributed by atoms with Crippen LogP contribution in [0.1, 0.15) is 10.4 Å². The quantitative estimate of drug-likeness (QED) is 0.620. The molecule has 0 radical (unpaired) electrons. The molecular weight excluding hydrogens is 268 g/mol. The van der Waals surface area contributed by atoms with E-state index in [0.717, 1.165) is 12.1 Å². The number of alkyl halides is 4. The number of hydrogen-bond acceptors (Lipinski definition) is 2. The summed E-state index contributed by atoms with van der Waals surface area (Å²) in [6, 6.07) is 3.32. The molecule has 1 aromatic carbocycles. The van der Waals surface area contributed by atoms with Crippen LogP contribution in [0, 0.1) is 0 Å². The van der Waals surface area contributed by atoms with Crippen molar-refractivity contribution in [2.75, 3.05) is 5.88 Å². The first-order chi connectivity index (χ1) is 7.33. The summed E-state index contributed by atoms with van der Waals surface area (Å²) in [5.41, 5.74) is 0.0126. The zero-order valence-corrected chi connectivity index (χ0v) is 9.16. The first-order valence-electron chi connectivity index (χ1n) is 3.98. The Balaban J connectivity index is 3.04. The predicted octanol–water partition coefficient (Wildman–Crippen LogP) is 3.66. The van der Waals surface area contributed by atoms with Crippen molar-refractivity contribution in [2.24, 2.45) is 0 Å².